The molecule has 3 aliphatic rings. The van der Waals surface area contributed by atoms with Gasteiger partial charge < -0.3 is 19.4 Å². The number of anilines is 1. The molecule has 3 atom stereocenters. The molecule has 2 aromatic carbocycles. The van der Waals surface area contributed by atoms with E-state index in [0.717, 1.165) is 31.2 Å². The van der Waals surface area contributed by atoms with Crippen LogP contribution in [0.5, 0.6) is 5.88 Å². The fourth-order valence-electron chi connectivity index (χ4n) is 7.19. The number of hydrogen-bond acceptors (Lipinski definition) is 7. The predicted octanol–water partition coefficient (Wildman–Crippen LogP) is 5.76. The fraction of sp³-hybridized carbons (Fsp3) is 0.353. The second-order valence-corrected chi connectivity index (χ2v) is 12.2. The number of ether oxygens (including phenoxy) is 1. The lowest BCUT2D eigenvalue weighted by atomic mass is 9.92. The van der Waals surface area contributed by atoms with E-state index >= 15 is 4.39 Å². The topological polar surface area (TPSA) is 85.6 Å². The number of hydrogen-bond donors (Lipinski definition) is 0. The van der Waals surface area contributed by atoms with E-state index in [9.17, 15) is 10.1 Å². The first-order chi connectivity index (χ1) is 21.4. The number of fused-ring (bicyclic) bond motifs is 3. The number of likely N-dealkylation sites (tertiary alicyclic amines) is 2. The number of aromatic nitrogens is 2. The van der Waals surface area contributed by atoms with E-state index in [1.54, 1.807) is 12.3 Å². The molecular formula is C34H32ClFN6O2. The van der Waals surface area contributed by atoms with Crippen LogP contribution in [0.25, 0.3) is 32.9 Å². The minimum Gasteiger partial charge on any atom is -0.476 e. The molecule has 4 aromatic rings. The van der Waals surface area contributed by atoms with Gasteiger partial charge in [0.25, 0.3) is 0 Å². The Morgan fingerprint density at radius 3 is 2.80 bits per heavy atom. The molecule has 0 unspecified atom stereocenters. The third-order valence-corrected chi connectivity index (χ3v) is 9.81. The molecule has 3 aliphatic heterocycles. The third-order valence-electron chi connectivity index (χ3n) is 9.49. The molecule has 0 spiro atoms. The molecule has 1 amide bonds. The van der Waals surface area contributed by atoms with Crippen molar-refractivity contribution in [3.8, 4) is 23.2 Å². The Labute approximate surface area is 260 Å². The van der Waals surface area contributed by atoms with Crippen molar-refractivity contribution in [3.05, 3.63) is 71.7 Å². The van der Waals surface area contributed by atoms with Crippen LogP contribution in [0, 0.1) is 17.1 Å². The number of benzene rings is 2. The summed E-state index contributed by atoms with van der Waals surface area (Å²) in [6, 6.07) is 13.7. The van der Waals surface area contributed by atoms with Gasteiger partial charge in [-0.3, -0.25) is 9.78 Å². The van der Waals surface area contributed by atoms with Crippen LogP contribution < -0.4 is 9.64 Å². The molecule has 224 valence electrons. The highest BCUT2D eigenvalue weighted by atomic mass is 35.5. The van der Waals surface area contributed by atoms with Crippen LogP contribution in [0.2, 0.25) is 5.02 Å². The van der Waals surface area contributed by atoms with Crippen molar-refractivity contribution in [3.63, 3.8) is 0 Å². The van der Waals surface area contributed by atoms with Crippen molar-refractivity contribution >= 4 is 44.9 Å². The zero-order valence-corrected chi connectivity index (χ0v) is 25.2. The largest absolute Gasteiger partial charge is 0.476 e. The van der Waals surface area contributed by atoms with E-state index in [-0.39, 0.29) is 47.5 Å². The van der Waals surface area contributed by atoms with Gasteiger partial charge in [-0.15, -0.1) is 0 Å². The molecular weight excluding hydrogens is 579 g/mol. The fourth-order valence-corrected chi connectivity index (χ4v) is 7.48. The standard InChI is InChI=1S/C34H32ClFN6O2/c1-3-28(43)41-16-13-26-27(41)18-42(26)33-23(12-14-37)34(44-19-21-9-6-15-40(21)2)39-32-24(33)17-38-31(30(32)36)22-10-4-7-20-8-5-11-25(35)29(20)22/h3-5,7-8,10-11,17,21,26-27H,1,6,9,12-13,15-16,18-19H2,2H3/t21-,26+,27+/m0/s1. The van der Waals surface area contributed by atoms with Crippen molar-refractivity contribution in [1.82, 2.24) is 19.8 Å². The molecule has 2 aromatic heterocycles. The van der Waals surface area contributed by atoms with Gasteiger partial charge in [-0.1, -0.05) is 48.5 Å². The Morgan fingerprint density at radius 1 is 1.23 bits per heavy atom. The maximum Gasteiger partial charge on any atom is 0.246 e. The zero-order chi connectivity index (χ0) is 30.5. The first kappa shape index (κ1) is 28.5. The normalized spacial score (nSPS) is 21.4. The number of carbonyl (C=O) groups is 1. The number of nitriles is 1. The first-order valence-electron chi connectivity index (χ1n) is 15.0. The van der Waals surface area contributed by atoms with Crippen molar-refractivity contribution in [1.29, 1.82) is 5.26 Å². The summed E-state index contributed by atoms with van der Waals surface area (Å²) in [5.41, 5.74) is 2.18. The highest BCUT2D eigenvalue weighted by Gasteiger charge is 2.49. The van der Waals surface area contributed by atoms with Crippen LogP contribution in [0.1, 0.15) is 24.8 Å². The molecule has 0 aliphatic carbocycles. The third kappa shape index (κ3) is 4.56. The number of likely N-dealkylation sites (N-methyl/N-ethyl adjacent to an activating group) is 1. The number of halogens is 2. The van der Waals surface area contributed by atoms with E-state index < -0.39 is 5.82 Å². The lowest BCUT2D eigenvalue weighted by molar-refractivity contribution is -0.127. The van der Waals surface area contributed by atoms with Crippen molar-refractivity contribution in [2.45, 2.75) is 43.8 Å². The average molecular weight is 611 g/mol. The minimum absolute atomic E-state index is 0.0186. The highest BCUT2D eigenvalue weighted by molar-refractivity contribution is 6.36. The van der Waals surface area contributed by atoms with Gasteiger partial charge in [-0.05, 0) is 50.4 Å². The predicted molar refractivity (Wildman–Crippen MR) is 169 cm³/mol. The number of nitrogens with zero attached hydrogens (tertiary/aromatic N) is 6. The Balaban J connectivity index is 1.39. The summed E-state index contributed by atoms with van der Waals surface area (Å²) < 4.78 is 23.2. The molecule has 0 radical (unpaired) electrons. The quantitative estimate of drug-likeness (QED) is 0.246. The van der Waals surface area contributed by atoms with E-state index in [1.165, 1.54) is 6.08 Å². The summed E-state index contributed by atoms with van der Waals surface area (Å²) in [5.74, 6) is -0.402. The summed E-state index contributed by atoms with van der Waals surface area (Å²) in [6.45, 7) is 6.20. The summed E-state index contributed by atoms with van der Waals surface area (Å²) in [7, 11) is 2.07. The Kier molecular flexibility index (Phi) is 7.35. The summed E-state index contributed by atoms with van der Waals surface area (Å²) >= 11 is 6.61. The Hall–Kier alpha value is -4.26. The van der Waals surface area contributed by atoms with Gasteiger partial charge in [-0.2, -0.15) is 5.26 Å². The van der Waals surface area contributed by atoms with E-state index in [2.05, 4.69) is 34.5 Å². The smallest absolute Gasteiger partial charge is 0.246 e. The van der Waals surface area contributed by atoms with Gasteiger partial charge in [0.05, 0.1) is 35.8 Å². The lowest BCUT2D eigenvalue weighted by Gasteiger charge is -2.49. The van der Waals surface area contributed by atoms with Crippen LogP contribution in [0.4, 0.5) is 10.1 Å². The van der Waals surface area contributed by atoms with Crippen LogP contribution in [-0.4, -0.2) is 77.1 Å². The van der Waals surface area contributed by atoms with Crippen LogP contribution in [-0.2, 0) is 11.2 Å². The number of pyridine rings is 2. The molecule has 0 N–H and O–H groups in total. The van der Waals surface area contributed by atoms with Gasteiger partial charge >= 0.3 is 0 Å². The van der Waals surface area contributed by atoms with Crippen molar-refractivity contribution in [2.75, 3.05) is 38.2 Å². The van der Waals surface area contributed by atoms with Gasteiger partial charge in [-0.25, -0.2) is 9.37 Å². The molecule has 0 saturated carbocycles. The monoisotopic (exact) mass is 610 g/mol. The van der Waals surface area contributed by atoms with Gasteiger partial charge in [0.15, 0.2) is 5.82 Å². The molecule has 3 fully saturated rings. The maximum atomic E-state index is 16.8. The van der Waals surface area contributed by atoms with Crippen LogP contribution in [0.15, 0.2) is 55.3 Å². The van der Waals surface area contributed by atoms with Crippen LogP contribution >= 0.6 is 11.6 Å². The number of amides is 1. The molecule has 3 saturated heterocycles. The van der Waals surface area contributed by atoms with E-state index in [4.69, 9.17) is 21.3 Å². The number of carbonyl (C=O) groups excluding carboxylic acids is 1. The summed E-state index contributed by atoms with van der Waals surface area (Å²) in [4.78, 5) is 28.2. The second-order valence-electron chi connectivity index (χ2n) is 11.8. The molecule has 8 nitrogen and oxygen atoms in total. The highest BCUT2D eigenvalue weighted by Crippen LogP contribution is 2.45. The van der Waals surface area contributed by atoms with Gasteiger partial charge in [0, 0.05) is 46.7 Å². The Bertz CT molecular complexity index is 1850. The van der Waals surface area contributed by atoms with Gasteiger partial charge in [0.2, 0.25) is 11.8 Å². The van der Waals surface area contributed by atoms with E-state index in [1.807, 2.05) is 35.2 Å². The SMILES string of the molecule is C=CC(=O)N1CC[C@@H]2[C@H]1CN2c1c(CC#N)c(OC[C@@H]2CCCN2C)nc2c(F)c(-c3cccc4cccc(Cl)c34)ncc12. The van der Waals surface area contributed by atoms with Gasteiger partial charge in [0.1, 0.15) is 17.8 Å². The zero-order valence-electron chi connectivity index (χ0n) is 24.5. The molecule has 10 heteroatoms. The second kappa shape index (κ2) is 11.3. The molecule has 7 rings (SSSR count). The minimum atomic E-state index is -0.575. The average Bonchev–Trinajstić information content (AvgIpc) is 3.58. The Morgan fingerprint density at radius 2 is 2.05 bits per heavy atom. The number of rotatable bonds is 7. The first-order valence-corrected chi connectivity index (χ1v) is 15.4. The van der Waals surface area contributed by atoms with Crippen LogP contribution in [0.3, 0.4) is 0 Å². The molecule has 0 bridgehead atoms. The molecule has 5 heterocycles. The summed E-state index contributed by atoms with van der Waals surface area (Å²) in [5, 5.41) is 12.5. The van der Waals surface area contributed by atoms with Crippen molar-refractivity contribution < 1.29 is 13.9 Å². The molecule has 44 heavy (non-hydrogen) atoms. The van der Waals surface area contributed by atoms with E-state index in [0.29, 0.717) is 52.3 Å². The summed E-state index contributed by atoms with van der Waals surface area (Å²) in [6.07, 6.45) is 5.87. The van der Waals surface area contributed by atoms with Crippen molar-refractivity contribution in [2.24, 2.45) is 0 Å². The lowest BCUT2D eigenvalue weighted by Crippen LogP contribution is -2.63. The maximum absolute atomic E-state index is 16.8.